The fourth-order valence-electron chi connectivity index (χ4n) is 3.60. The summed E-state index contributed by atoms with van der Waals surface area (Å²) in [5.74, 6) is 7.13. The maximum Gasteiger partial charge on any atom is 0.161 e. The second-order valence-corrected chi connectivity index (χ2v) is 6.55. The molecule has 4 rings (SSSR count). The van der Waals surface area contributed by atoms with Gasteiger partial charge in [-0.05, 0) is 67.9 Å². The highest BCUT2D eigenvalue weighted by molar-refractivity contribution is 6.03. The first-order valence-electron chi connectivity index (χ1n) is 9.35. The Morgan fingerprint density at radius 1 is 0.929 bits per heavy atom. The van der Waals surface area contributed by atoms with E-state index in [1.54, 1.807) is 29.2 Å². The molecule has 0 atom stereocenters. The normalized spacial score (nSPS) is 11.1. The third-order valence-electron chi connectivity index (χ3n) is 5.01. The lowest BCUT2D eigenvalue weighted by molar-refractivity contribution is 0.628. The average Bonchev–Trinajstić information content (AvgIpc) is 3.02. The van der Waals surface area contributed by atoms with Crippen LogP contribution < -0.4 is 10.7 Å². The van der Waals surface area contributed by atoms with Crippen molar-refractivity contribution in [1.29, 1.82) is 0 Å². The van der Waals surface area contributed by atoms with E-state index in [1.807, 2.05) is 18.2 Å². The third kappa shape index (κ3) is 2.97. The van der Waals surface area contributed by atoms with Gasteiger partial charge in [0.15, 0.2) is 5.65 Å². The molecule has 1 aromatic carbocycles. The van der Waals surface area contributed by atoms with E-state index in [0.29, 0.717) is 5.65 Å². The highest BCUT2D eigenvalue weighted by Crippen LogP contribution is 2.39. The van der Waals surface area contributed by atoms with Crippen molar-refractivity contribution in [3.63, 3.8) is 0 Å². The molecule has 6 heteroatoms. The van der Waals surface area contributed by atoms with Crippen molar-refractivity contribution in [1.82, 2.24) is 14.6 Å². The van der Waals surface area contributed by atoms with Crippen LogP contribution in [0.4, 0.5) is 10.2 Å². The first kappa shape index (κ1) is 18.0. The number of benzene rings is 1. The van der Waals surface area contributed by atoms with Crippen molar-refractivity contribution < 1.29 is 4.39 Å². The highest BCUT2D eigenvalue weighted by atomic mass is 19.1. The Bertz CT molecular complexity index is 1100. The molecular weight excluding hydrogens is 353 g/mol. The molecule has 0 spiro atoms. The average molecular weight is 375 g/mol. The van der Waals surface area contributed by atoms with Crippen LogP contribution in [-0.4, -0.2) is 27.7 Å². The molecule has 3 aromatic heterocycles. The van der Waals surface area contributed by atoms with Crippen LogP contribution in [0.2, 0.25) is 0 Å². The van der Waals surface area contributed by atoms with Crippen molar-refractivity contribution in [3.05, 3.63) is 66.7 Å². The quantitative estimate of drug-likeness (QED) is 0.523. The molecular formula is C22H22FN5. The lowest BCUT2D eigenvalue weighted by Crippen LogP contribution is -2.23. The molecule has 4 aromatic rings. The van der Waals surface area contributed by atoms with E-state index in [1.165, 1.54) is 12.1 Å². The summed E-state index contributed by atoms with van der Waals surface area (Å²) in [6.07, 6.45) is 3.50. The van der Waals surface area contributed by atoms with E-state index in [-0.39, 0.29) is 5.82 Å². The molecule has 0 fully saturated rings. The fourth-order valence-corrected chi connectivity index (χ4v) is 3.60. The Hall–Kier alpha value is -3.41. The maximum absolute atomic E-state index is 13.5. The number of nitrogens with two attached hydrogens (primary N) is 1. The van der Waals surface area contributed by atoms with Gasteiger partial charge in [-0.1, -0.05) is 0 Å². The summed E-state index contributed by atoms with van der Waals surface area (Å²) >= 11 is 0. The predicted octanol–water partition coefficient (Wildman–Crippen LogP) is 4.46. The zero-order valence-corrected chi connectivity index (χ0v) is 15.9. The van der Waals surface area contributed by atoms with Crippen molar-refractivity contribution in [2.45, 2.75) is 13.8 Å². The minimum absolute atomic E-state index is 0.282. The molecule has 0 saturated heterocycles. The number of nitrogens with zero attached hydrogens (tertiary/aromatic N) is 4. The molecule has 0 bridgehead atoms. The topological polar surface area (TPSA) is 60.0 Å². The molecule has 142 valence electrons. The minimum Gasteiger partial charge on any atom is -0.357 e. The molecule has 0 unspecified atom stereocenters. The Labute approximate surface area is 163 Å². The van der Waals surface area contributed by atoms with Gasteiger partial charge in [-0.15, -0.1) is 0 Å². The molecule has 2 N–H and O–H groups in total. The van der Waals surface area contributed by atoms with Gasteiger partial charge in [0, 0.05) is 42.0 Å². The van der Waals surface area contributed by atoms with Crippen LogP contribution in [0.15, 0.2) is 60.9 Å². The molecule has 0 aliphatic carbocycles. The van der Waals surface area contributed by atoms with Gasteiger partial charge in [0.2, 0.25) is 0 Å². The molecule has 0 radical (unpaired) electrons. The molecule has 0 aliphatic rings. The summed E-state index contributed by atoms with van der Waals surface area (Å²) < 4.78 is 15.1. The molecule has 3 heterocycles. The Morgan fingerprint density at radius 3 is 2.25 bits per heavy atom. The van der Waals surface area contributed by atoms with Crippen molar-refractivity contribution in [2.75, 3.05) is 23.8 Å². The van der Waals surface area contributed by atoms with E-state index in [4.69, 9.17) is 10.8 Å². The zero-order chi connectivity index (χ0) is 19.7. The summed E-state index contributed by atoms with van der Waals surface area (Å²) in [7, 11) is 0. The van der Waals surface area contributed by atoms with Gasteiger partial charge < -0.3 is 10.7 Å². The van der Waals surface area contributed by atoms with Gasteiger partial charge in [-0.25, -0.2) is 14.1 Å². The molecule has 0 saturated carbocycles. The van der Waals surface area contributed by atoms with Crippen molar-refractivity contribution in [2.24, 2.45) is 0 Å². The van der Waals surface area contributed by atoms with Gasteiger partial charge in [-0.2, -0.15) is 0 Å². The number of fused-ring (bicyclic) bond motifs is 1. The van der Waals surface area contributed by atoms with Gasteiger partial charge in [0.25, 0.3) is 0 Å². The van der Waals surface area contributed by atoms with Gasteiger partial charge in [0.05, 0.1) is 5.69 Å². The molecule has 28 heavy (non-hydrogen) atoms. The first-order chi connectivity index (χ1) is 13.6. The summed E-state index contributed by atoms with van der Waals surface area (Å²) in [4.78, 5) is 11.1. The van der Waals surface area contributed by atoms with Gasteiger partial charge in [0.1, 0.15) is 11.6 Å². The van der Waals surface area contributed by atoms with Crippen molar-refractivity contribution in [3.8, 4) is 22.4 Å². The van der Waals surface area contributed by atoms with E-state index in [0.717, 1.165) is 46.7 Å². The summed E-state index contributed by atoms with van der Waals surface area (Å²) in [6, 6.07) is 14.3. The molecule has 5 nitrogen and oxygen atoms in total. The lowest BCUT2D eigenvalue weighted by atomic mass is 10.00. The summed E-state index contributed by atoms with van der Waals surface area (Å²) in [6.45, 7) is 5.93. The maximum atomic E-state index is 13.5. The summed E-state index contributed by atoms with van der Waals surface area (Å²) in [5.41, 5.74) is 4.27. The first-order valence-corrected chi connectivity index (χ1v) is 9.35. The minimum atomic E-state index is -0.282. The number of hydrogen-bond donors (Lipinski definition) is 1. The van der Waals surface area contributed by atoms with Gasteiger partial charge >= 0.3 is 0 Å². The second kappa shape index (κ2) is 7.31. The van der Waals surface area contributed by atoms with Crippen LogP contribution in [0.1, 0.15) is 13.8 Å². The standard InChI is InChI=1S/C22H22FN5/c1-3-27(4-2)19-10-9-18-20(15-11-13-25-14-12-15)21(28(24)22(18)26-19)16-5-7-17(23)8-6-16/h5-14H,3-4,24H2,1-2H3. The number of pyridine rings is 2. The number of halogens is 1. The van der Waals surface area contributed by atoms with Crippen molar-refractivity contribution >= 4 is 16.9 Å². The van der Waals surface area contributed by atoms with Crippen LogP contribution >= 0.6 is 0 Å². The Morgan fingerprint density at radius 2 is 1.61 bits per heavy atom. The largest absolute Gasteiger partial charge is 0.357 e. The number of nitrogen functional groups attached to an aromatic ring is 1. The van der Waals surface area contributed by atoms with Crippen LogP contribution in [0, 0.1) is 5.82 Å². The van der Waals surface area contributed by atoms with E-state index < -0.39 is 0 Å². The predicted molar refractivity (Wildman–Crippen MR) is 112 cm³/mol. The van der Waals surface area contributed by atoms with Crippen LogP contribution in [-0.2, 0) is 0 Å². The number of anilines is 1. The van der Waals surface area contributed by atoms with Gasteiger partial charge in [-0.3, -0.25) is 4.98 Å². The van der Waals surface area contributed by atoms with E-state index in [2.05, 4.69) is 29.8 Å². The Balaban J connectivity index is 2.03. The number of hydrogen-bond acceptors (Lipinski definition) is 4. The number of aromatic nitrogens is 3. The molecule has 0 aliphatic heterocycles. The van der Waals surface area contributed by atoms with Crippen LogP contribution in [0.3, 0.4) is 0 Å². The smallest absolute Gasteiger partial charge is 0.161 e. The number of rotatable bonds is 5. The SMILES string of the molecule is CCN(CC)c1ccc2c(-c3ccncc3)c(-c3ccc(F)cc3)n(N)c2n1. The van der Waals surface area contributed by atoms with Crippen LogP contribution in [0.5, 0.6) is 0 Å². The summed E-state index contributed by atoms with van der Waals surface area (Å²) in [5, 5.41) is 0.948. The lowest BCUT2D eigenvalue weighted by Gasteiger charge is -2.19. The fraction of sp³-hybridized carbons (Fsp3) is 0.182. The molecule has 0 amide bonds. The monoisotopic (exact) mass is 375 g/mol. The third-order valence-corrected chi connectivity index (χ3v) is 5.01. The van der Waals surface area contributed by atoms with Crippen LogP contribution in [0.25, 0.3) is 33.4 Å². The highest BCUT2D eigenvalue weighted by Gasteiger charge is 2.21. The van der Waals surface area contributed by atoms with E-state index >= 15 is 0 Å². The zero-order valence-electron chi connectivity index (χ0n) is 15.9. The second-order valence-electron chi connectivity index (χ2n) is 6.55. The van der Waals surface area contributed by atoms with E-state index in [9.17, 15) is 4.39 Å². The Kier molecular flexibility index (Phi) is 4.69.